The number of sulfone groups is 1. The molecule has 4 rings (SSSR count). The Kier molecular flexibility index (Phi) is 5.32. The van der Waals surface area contributed by atoms with Gasteiger partial charge in [-0.2, -0.15) is 4.37 Å². The fourth-order valence-electron chi connectivity index (χ4n) is 3.26. The van der Waals surface area contributed by atoms with Crippen LogP contribution >= 0.6 is 11.5 Å². The molecular weight excluding hydrogens is 408 g/mol. The summed E-state index contributed by atoms with van der Waals surface area (Å²) in [5, 5.41) is 0.478. The molecule has 0 aliphatic carbocycles. The molecule has 0 saturated carbocycles. The zero-order valence-electron chi connectivity index (χ0n) is 16.5. The van der Waals surface area contributed by atoms with Gasteiger partial charge in [-0.05, 0) is 42.8 Å². The van der Waals surface area contributed by atoms with Crippen molar-refractivity contribution in [3.63, 3.8) is 0 Å². The molecule has 152 valence electrons. The van der Waals surface area contributed by atoms with Gasteiger partial charge in [0.2, 0.25) is 0 Å². The number of likely N-dealkylation sites (tertiary alicyclic amines) is 1. The lowest BCUT2D eigenvalue weighted by Crippen LogP contribution is -2.52. The molecule has 29 heavy (non-hydrogen) atoms. The molecule has 0 N–H and O–H groups in total. The lowest BCUT2D eigenvalue weighted by atomic mass is 10.2. The Balaban J connectivity index is 1.52. The first-order valence-corrected chi connectivity index (χ1v) is 11.5. The van der Waals surface area contributed by atoms with Crippen LogP contribution in [0.15, 0.2) is 41.6 Å². The molecule has 0 amide bonds. The van der Waals surface area contributed by atoms with E-state index in [1.165, 1.54) is 17.7 Å². The van der Waals surface area contributed by atoms with E-state index < -0.39 is 9.84 Å². The van der Waals surface area contributed by atoms with Crippen molar-refractivity contribution in [2.24, 2.45) is 0 Å². The summed E-state index contributed by atoms with van der Waals surface area (Å²) < 4.78 is 29.6. The quantitative estimate of drug-likeness (QED) is 0.584. The third-order valence-corrected chi connectivity index (χ3v) is 7.68. The van der Waals surface area contributed by atoms with Gasteiger partial charge < -0.3 is 9.80 Å². The molecule has 1 saturated heterocycles. The molecule has 4 heterocycles. The maximum Gasteiger partial charge on any atom is 0.191 e. The van der Waals surface area contributed by atoms with Crippen LogP contribution in [-0.4, -0.2) is 72.1 Å². The fourth-order valence-corrected chi connectivity index (χ4v) is 5.66. The second kappa shape index (κ2) is 7.77. The second-order valence-corrected chi connectivity index (χ2v) is 10.4. The van der Waals surface area contributed by atoms with E-state index in [0.29, 0.717) is 31.0 Å². The summed E-state index contributed by atoms with van der Waals surface area (Å²) in [6, 6.07) is 7.20. The minimum Gasteiger partial charge on any atom is -0.376 e. The molecule has 0 radical (unpaired) electrons. The number of aromatic nitrogens is 4. The van der Waals surface area contributed by atoms with Crippen LogP contribution in [0.25, 0.3) is 11.5 Å². The van der Waals surface area contributed by atoms with Gasteiger partial charge in [0.15, 0.2) is 15.7 Å². The zero-order valence-corrected chi connectivity index (χ0v) is 18.1. The van der Waals surface area contributed by atoms with Crippen molar-refractivity contribution in [2.75, 3.05) is 39.1 Å². The van der Waals surface area contributed by atoms with Crippen molar-refractivity contribution in [1.82, 2.24) is 24.2 Å². The van der Waals surface area contributed by atoms with Gasteiger partial charge in [0.1, 0.15) is 10.7 Å². The van der Waals surface area contributed by atoms with E-state index >= 15 is 0 Å². The number of hydrogen-bond donors (Lipinski definition) is 0. The predicted octanol–water partition coefficient (Wildman–Crippen LogP) is 1.74. The monoisotopic (exact) mass is 430 g/mol. The van der Waals surface area contributed by atoms with Crippen molar-refractivity contribution in [1.29, 1.82) is 0 Å². The summed E-state index contributed by atoms with van der Waals surface area (Å²) in [6.07, 6.45) is 3.76. The van der Waals surface area contributed by atoms with E-state index in [1.807, 2.05) is 43.1 Å². The largest absolute Gasteiger partial charge is 0.376 e. The summed E-state index contributed by atoms with van der Waals surface area (Å²) in [4.78, 5) is 17.6. The molecule has 1 aliphatic heterocycles. The highest BCUT2D eigenvalue weighted by atomic mass is 32.2. The Hall–Kier alpha value is -2.43. The summed E-state index contributed by atoms with van der Waals surface area (Å²) >= 11 is 1.30. The Labute approximate surface area is 174 Å². The first-order chi connectivity index (χ1) is 13.8. The summed E-state index contributed by atoms with van der Waals surface area (Å²) in [5.74, 6) is 0.500. The minimum atomic E-state index is -3.34. The van der Waals surface area contributed by atoms with Gasteiger partial charge in [-0.15, -0.1) is 0 Å². The average Bonchev–Trinajstić information content (AvgIpc) is 3.14. The van der Waals surface area contributed by atoms with Crippen LogP contribution in [0.5, 0.6) is 0 Å². The van der Waals surface area contributed by atoms with Crippen LogP contribution in [0, 0.1) is 0 Å². The number of hydrogen-bond acceptors (Lipinski definition) is 9. The summed E-state index contributed by atoms with van der Waals surface area (Å²) in [7, 11) is 2.53. The highest BCUT2D eigenvalue weighted by Crippen LogP contribution is 2.25. The smallest absolute Gasteiger partial charge is 0.191 e. The predicted molar refractivity (Wildman–Crippen MR) is 113 cm³/mol. The number of anilines is 1. The molecule has 0 bridgehead atoms. The lowest BCUT2D eigenvalue weighted by molar-refractivity contribution is 0.232. The van der Waals surface area contributed by atoms with Gasteiger partial charge in [-0.1, -0.05) is 0 Å². The topological polar surface area (TPSA) is 92.2 Å². The standard InChI is InChI=1S/C19H22N6O2S2/c1-24(2)17-5-4-8-20-16(17)9-18-22-19(23-28-18)15-7-6-13(10-21-15)29(26,27)14-11-25(3)12-14/h4-8,10,14H,9,11-12H2,1-3H3. The maximum atomic E-state index is 12.6. The first-order valence-electron chi connectivity index (χ1n) is 9.17. The third-order valence-electron chi connectivity index (χ3n) is 4.90. The van der Waals surface area contributed by atoms with Crippen LogP contribution in [0.2, 0.25) is 0 Å². The summed E-state index contributed by atoms with van der Waals surface area (Å²) in [6.45, 7) is 1.12. The van der Waals surface area contributed by atoms with Gasteiger partial charge in [-0.3, -0.25) is 9.97 Å². The molecule has 3 aromatic heterocycles. The van der Waals surface area contributed by atoms with Crippen molar-refractivity contribution in [3.05, 3.63) is 47.4 Å². The van der Waals surface area contributed by atoms with Crippen LogP contribution < -0.4 is 4.90 Å². The molecule has 10 heteroatoms. The number of rotatable bonds is 6. The maximum absolute atomic E-state index is 12.6. The number of nitrogens with zero attached hydrogens (tertiary/aromatic N) is 6. The van der Waals surface area contributed by atoms with E-state index in [4.69, 9.17) is 0 Å². The number of pyridine rings is 2. The van der Waals surface area contributed by atoms with Crippen LogP contribution in [0.3, 0.4) is 0 Å². The van der Waals surface area contributed by atoms with Gasteiger partial charge in [-0.25, -0.2) is 13.4 Å². The van der Waals surface area contributed by atoms with Crippen molar-refractivity contribution in [3.8, 4) is 11.5 Å². The Morgan fingerprint density at radius 3 is 2.66 bits per heavy atom. The van der Waals surface area contributed by atoms with Crippen molar-refractivity contribution in [2.45, 2.75) is 16.6 Å². The molecule has 0 spiro atoms. The second-order valence-electron chi connectivity index (χ2n) is 7.32. The molecular formula is C19H22N6O2S2. The van der Waals surface area contributed by atoms with Gasteiger partial charge in [0, 0.05) is 46.0 Å². The van der Waals surface area contributed by atoms with Crippen LogP contribution in [0.4, 0.5) is 5.69 Å². The van der Waals surface area contributed by atoms with Crippen LogP contribution in [-0.2, 0) is 16.3 Å². The molecule has 1 fully saturated rings. The third kappa shape index (κ3) is 4.00. The molecule has 3 aromatic rings. The minimum absolute atomic E-state index is 0.249. The molecule has 8 nitrogen and oxygen atoms in total. The Morgan fingerprint density at radius 1 is 1.21 bits per heavy atom. The molecule has 1 aliphatic rings. The van der Waals surface area contributed by atoms with E-state index in [-0.39, 0.29) is 10.1 Å². The fraction of sp³-hybridized carbons (Fsp3) is 0.368. The van der Waals surface area contributed by atoms with Crippen molar-refractivity contribution >= 4 is 27.1 Å². The highest BCUT2D eigenvalue weighted by Gasteiger charge is 2.36. The molecule has 0 atom stereocenters. The summed E-state index contributed by atoms with van der Waals surface area (Å²) in [5.41, 5.74) is 2.53. The van der Waals surface area contributed by atoms with E-state index in [0.717, 1.165) is 16.4 Å². The lowest BCUT2D eigenvalue weighted by Gasteiger charge is -2.35. The highest BCUT2D eigenvalue weighted by molar-refractivity contribution is 7.92. The van der Waals surface area contributed by atoms with Crippen LogP contribution in [0.1, 0.15) is 10.7 Å². The Bertz CT molecular complexity index is 1110. The first kappa shape index (κ1) is 19.9. The Morgan fingerprint density at radius 2 is 2.00 bits per heavy atom. The van der Waals surface area contributed by atoms with E-state index in [9.17, 15) is 8.42 Å². The zero-order chi connectivity index (χ0) is 20.6. The average molecular weight is 431 g/mol. The molecule has 0 unspecified atom stereocenters. The van der Waals surface area contributed by atoms with Gasteiger partial charge >= 0.3 is 0 Å². The van der Waals surface area contributed by atoms with Gasteiger partial charge in [0.05, 0.1) is 21.5 Å². The van der Waals surface area contributed by atoms with Gasteiger partial charge in [0.25, 0.3) is 0 Å². The van der Waals surface area contributed by atoms with E-state index in [1.54, 1.807) is 18.3 Å². The molecule has 0 aromatic carbocycles. The van der Waals surface area contributed by atoms with E-state index in [2.05, 4.69) is 19.3 Å². The normalized spacial score (nSPS) is 15.3. The van der Waals surface area contributed by atoms with Crippen molar-refractivity contribution < 1.29 is 8.42 Å². The SMILES string of the molecule is CN1CC(S(=O)(=O)c2ccc(-c3nsc(Cc4ncccc4N(C)C)n3)nc2)C1.